The quantitative estimate of drug-likeness (QED) is 0.716. The number of anilines is 2. The number of ether oxygens (including phenoxy) is 1. The Morgan fingerprint density at radius 1 is 1.24 bits per heavy atom. The van der Waals surface area contributed by atoms with E-state index in [0.717, 1.165) is 48.2 Å². The van der Waals surface area contributed by atoms with Gasteiger partial charge in [0.25, 0.3) is 5.91 Å². The van der Waals surface area contributed by atoms with Crippen molar-refractivity contribution in [3.63, 3.8) is 0 Å². The Morgan fingerprint density at radius 2 is 2.07 bits per heavy atom. The number of likely N-dealkylation sites (tertiary alicyclic amines) is 1. The van der Waals surface area contributed by atoms with Gasteiger partial charge in [-0.25, -0.2) is 4.98 Å². The number of hydrogen-bond donors (Lipinski definition) is 2. The van der Waals surface area contributed by atoms with Gasteiger partial charge in [-0.15, -0.1) is 0 Å². The Kier molecular flexibility index (Phi) is 4.39. The summed E-state index contributed by atoms with van der Waals surface area (Å²) in [6.07, 6.45) is 4.38. The molecule has 0 saturated carbocycles. The maximum Gasteiger partial charge on any atom is 0.262 e. The largest absolute Gasteiger partial charge is 0.482 e. The molecule has 1 saturated heterocycles. The SMILES string of the molecule is CC1CCN(Cc2c(-c3ccc4c(c3)NC(=O)CO4)nc3ccc(N)cn23)CC1. The van der Waals surface area contributed by atoms with E-state index in [2.05, 4.69) is 21.5 Å². The molecule has 0 spiro atoms. The number of amides is 1. The van der Waals surface area contributed by atoms with Crippen LogP contribution < -0.4 is 15.8 Å². The van der Waals surface area contributed by atoms with Crippen LogP contribution in [0.5, 0.6) is 5.75 Å². The number of aromatic nitrogens is 2. The molecule has 7 heteroatoms. The number of nitrogens with two attached hydrogens (primary N) is 1. The molecule has 0 unspecified atom stereocenters. The standard InChI is InChI=1S/C22H25N5O2/c1-14-6-8-26(9-7-14)12-18-22(25-20-5-3-16(23)11-27(18)20)15-2-4-19-17(10-15)24-21(28)13-29-19/h2-5,10-11,14H,6-9,12-13,23H2,1H3,(H,24,28). The number of hydrogen-bond acceptors (Lipinski definition) is 5. The van der Waals surface area contributed by atoms with Crippen molar-refractivity contribution in [3.05, 3.63) is 42.2 Å². The third kappa shape index (κ3) is 3.42. The summed E-state index contributed by atoms with van der Waals surface area (Å²) < 4.78 is 7.60. The molecule has 2 aliphatic rings. The van der Waals surface area contributed by atoms with Crippen LogP contribution in [0, 0.1) is 5.92 Å². The van der Waals surface area contributed by atoms with Crippen molar-refractivity contribution in [2.75, 3.05) is 30.7 Å². The van der Waals surface area contributed by atoms with E-state index in [4.69, 9.17) is 15.5 Å². The Balaban J connectivity index is 1.58. The van der Waals surface area contributed by atoms with Gasteiger partial charge in [-0.1, -0.05) is 6.92 Å². The number of benzene rings is 1. The van der Waals surface area contributed by atoms with E-state index in [9.17, 15) is 4.79 Å². The summed E-state index contributed by atoms with van der Waals surface area (Å²) in [7, 11) is 0. The normalized spacial score (nSPS) is 17.8. The molecular formula is C22H25N5O2. The van der Waals surface area contributed by atoms with Gasteiger partial charge in [-0.05, 0) is 62.2 Å². The lowest BCUT2D eigenvalue weighted by atomic mass is 9.99. The van der Waals surface area contributed by atoms with E-state index in [1.54, 1.807) is 0 Å². The number of piperidine rings is 1. The second-order valence-corrected chi connectivity index (χ2v) is 8.10. The second-order valence-electron chi connectivity index (χ2n) is 8.10. The molecule has 5 rings (SSSR count). The lowest BCUT2D eigenvalue weighted by molar-refractivity contribution is -0.118. The molecule has 0 radical (unpaired) electrons. The van der Waals surface area contributed by atoms with E-state index >= 15 is 0 Å². The fourth-order valence-electron chi connectivity index (χ4n) is 4.15. The fourth-order valence-corrected chi connectivity index (χ4v) is 4.15. The average molecular weight is 391 g/mol. The number of imidazole rings is 1. The van der Waals surface area contributed by atoms with Gasteiger partial charge in [0.05, 0.1) is 17.1 Å². The summed E-state index contributed by atoms with van der Waals surface area (Å²) in [5, 5.41) is 2.89. The fraction of sp³-hybridized carbons (Fsp3) is 0.364. The molecule has 1 fully saturated rings. The molecular weight excluding hydrogens is 366 g/mol. The van der Waals surface area contributed by atoms with Crippen LogP contribution in [0.1, 0.15) is 25.5 Å². The van der Waals surface area contributed by atoms with Crippen LogP contribution in [0.2, 0.25) is 0 Å². The lowest BCUT2D eigenvalue weighted by Crippen LogP contribution is -2.32. The van der Waals surface area contributed by atoms with Gasteiger partial charge in [0, 0.05) is 24.0 Å². The van der Waals surface area contributed by atoms with E-state index in [1.807, 2.05) is 36.5 Å². The first kappa shape index (κ1) is 18.0. The van der Waals surface area contributed by atoms with E-state index < -0.39 is 0 Å². The Morgan fingerprint density at radius 3 is 2.90 bits per heavy atom. The number of nitrogens with one attached hydrogen (secondary N) is 1. The van der Waals surface area contributed by atoms with Crippen molar-refractivity contribution in [2.24, 2.45) is 5.92 Å². The predicted molar refractivity (Wildman–Crippen MR) is 113 cm³/mol. The van der Waals surface area contributed by atoms with Crippen LogP contribution in [0.25, 0.3) is 16.9 Å². The third-order valence-electron chi connectivity index (χ3n) is 5.88. The topological polar surface area (TPSA) is 84.9 Å². The zero-order chi connectivity index (χ0) is 20.0. The zero-order valence-electron chi connectivity index (χ0n) is 16.5. The van der Waals surface area contributed by atoms with Crippen LogP contribution in [-0.2, 0) is 11.3 Å². The molecule has 4 heterocycles. The molecule has 1 aromatic carbocycles. The molecule has 3 aromatic rings. The Bertz CT molecular complexity index is 1080. The van der Waals surface area contributed by atoms with Crippen LogP contribution in [-0.4, -0.2) is 39.9 Å². The van der Waals surface area contributed by atoms with Gasteiger partial charge < -0.3 is 20.2 Å². The van der Waals surface area contributed by atoms with Gasteiger partial charge in [-0.2, -0.15) is 0 Å². The van der Waals surface area contributed by atoms with Crippen LogP contribution >= 0.6 is 0 Å². The molecule has 29 heavy (non-hydrogen) atoms. The minimum atomic E-state index is -0.139. The highest BCUT2D eigenvalue weighted by Crippen LogP contribution is 2.35. The summed E-state index contributed by atoms with van der Waals surface area (Å²) in [5.74, 6) is 1.33. The minimum absolute atomic E-state index is 0.0542. The maximum absolute atomic E-state index is 11.7. The van der Waals surface area contributed by atoms with E-state index in [-0.39, 0.29) is 12.5 Å². The number of rotatable bonds is 3. The monoisotopic (exact) mass is 391 g/mol. The minimum Gasteiger partial charge on any atom is -0.482 e. The molecule has 7 nitrogen and oxygen atoms in total. The maximum atomic E-state index is 11.7. The molecule has 2 aromatic heterocycles. The molecule has 0 bridgehead atoms. The third-order valence-corrected chi connectivity index (χ3v) is 5.88. The first-order chi connectivity index (χ1) is 14.1. The highest BCUT2D eigenvalue weighted by atomic mass is 16.5. The lowest BCUT2D eigenvalue weighted by Gasteiger charge is -2.30. The van der Waals surface area contributed by atoms with E-state index in [1.165, 1.54) is 12.8 Å². The molecule has 0 atom stereocenters. The highest BCUT2D eigenvalue weighted by molar-refractivity contribution is 5.96. The Labute approximate surface area is 169 Å². The first-order valence-corrected chi connectivity index (χ1v) is 10.1. The molecule has 2 aliphatic heterocycles. The molecule has 1 amide bonds. The van der Waals surface area contributed by atoms with Crippen LogP contribution in [0.4, 0.5) is 11.4 Å². The van der Waals surface area contributed by atoms with Crippen molar-refractivity contribution in [3.8, 4) is 17.0 Å². The van der Waals surface area contributed by atoms with Gasteiger partial charge in [0.15, 0.2) is 6.61 Å². The van der Waals surface area contributed by atoms with Gasteiger partial charge in [0.1, 0.15) is 11.4 Å². The molecule has 150 valence electrons. The molecule has 0 aliphatic carbocycles. The summed E-state index contributed by atoms with van der Waals surface area (Å²) in [4.78, 5) is 19.1. The van der Waals surface area contributed by atoms with Crippen molar-refractivity contribution < 1.29 is 9.53 Å². The second kappa shape index (κ2) is 7.08. The number of fused-ring (bicyclic) bond motifs is 2. The summed E-state index contributed by atoms with van der Waals surface area (Å²) in [5.41, 5.74) is 11.3. The van der Waals surface area contributed by atoms with Crippen LogP contribution in [0.15, 0.2) is 36.5 Å². The van der Waals surface area contributed by atoms with E-state index in [0.29, 0.717) is 17.1 Å². The summed E-state index contributed by atoms with van der Waals surface area (Å²) in [6, 6.07) is 9.67. The van der Waals surface area contributed by atoms with Crippen LogP contribution in [0.3, 0.4) is 0 Å². The van der Waals surface area contributed by atoms with Gasteiger partial charge in [0.2, 0.25) is 0 Å². The average Bonchev–Trinajstić information content (AvgIpc) is 3.06. The number of nitrogens with zero attached hydrogens (tertiary/aromatic N) is 3. The first-order valence-electron chi connectivity index (χ1n) is 10.1. The number of nitrogen functional groups attached to an aromatic ring is 1. The van der Waals surface area contributed by atoms with Crippen molar-refractivity contribution in [1.29, 1.82) is 0 Å². The number of pyridine rings is 1. The smallest absolute Gasteiger partial charge is 0.262 e. The number of carbonyl (C=O) groups is 1. The van der Waals surface area contributed by atoms with Crippen molar-refractivity contribution in [1.82, 2.24) is 14.3 Å². The van der Waals surface area contributed by atoms with Gasteiger partial charge >= 0.3 is 0 Å². The summed E-state index contributed by atoms with van der Waals surface area (Å²) >= 11 is 0. The highest BCUT2D eigenvalue weighted by Gasteiger charge is 2.22. The predicted octanol–water partition coefficient (Wildman–Crippen LogP) is 3.15. The molecule has 3 N–H and O–H groups in total. The Hall–Kier alpha value is -3.06. The van der Waals surface area contributed by atoms with Crippen molar-refractivity contribution >= 4 is 22.9 Å². The van der Waals surface area contributed by atoms with Crippen molar-refractivity contribution in [2.45, 2.75) is 26.3 Å². The number of carbonyl (C=O) groups excluding carboxylic acids is 1. The summed E-state index contributed by atoms with van der Waals surface area (Å²) in [6.45, 7) is 5.36. The zero-order valence-corrected chi connectivity index (χ0v) is 16.5. The van der Waals surface area contributed by atoms with Gasteiger partial charge in [-0.3, -0.25) is 9.69 Å².